The Morgan fingerprint density at radius 1 is 1.06 bits per heavy atom. The van der Waals surface area contributed by atoms with Gasteiger partial charge in [0.2, 0.25) is 0 Å². The molecule has 1 fully saturated rings. The Labute approximate surface area is 186 Å². The minimum absolute atomic E-state index is 0.0206. The average molecular weight is 441 g/mol. The Kier molecular flexibility index (Phi) is 6.91. The number of nitrogens with one attached hydrogen (secondary N) is 1. The first-order chi connectivity index (χ1) is 14.9. The van der Waals surface area contributed by atoms with Crippen LogP contribution in [0.15, 0.2) is 48.0 Å². The van der Waals surface area contributed by atoms with Crippen molar-refractivity contribution in [2.24, 2.45) is 0 Å². The number of hydrogen-bond donors (Lipinski definition) is 1. The quantitative estimate of drug-likeness (QED) is 0.402. The highest BCUT2D eigenvalue weighted by molar-refractivity contribution is 7.80. The van der Waals surface area contributed by atoms with Crippen LogP contribution in [0.25, 0.3) is 6.08 Å². The number of nitrogens with zero attached hydrogens (tertiary/aromatic N) is 1. The van der Waals surface area contributed by atoms with Crippen LogP contribution in [0.4, 0.5) is 5.69 Å². The van der Waals surface area contributed by atoms with E-state index in [1.807, 2.05) is 13.8 Å². The van der Waals surface area contributed by atoms with Gasteiger partial charge in [0.05, 0.1) is 26.0 Å². The number of ether oxygens (including phenoxy) is 3. The largest absolute Gasteiger partial charge is 0.497 e. The molecular formula is C23H24N2O5S. The predicted octanol–water partition coefficient (Wildman–Crippen LogP) is 3.71. The fraction of sp³-hybridized carbons (Fsp3) is 0.261. The van der Waals surface area contributed by atoms with Gasteiger partial charge in [0.15, 0.2) is 16.6 Å². The lowest BCUT2D eigenvalue weighted by molar-refractivity contribution is -0.122. The fourth-order valence-electron chi connectivity index (χ4n) is 2.96. The van der Waals surface area contributed by atoms with E-state index in [0.29, 0.717) is 28.5 Å². The molecule has 1 aliphatic rings. The Morgan fingerprint density at radius 3 is 2.39 bits per heavy atom. The number of rotatable bonds is 7. The van der Waals surface area contributed by atoms with Gasteiger partial charge in [0.1, 0.15) is 11.3 Å². The van der Waals surface area contributed by atoms with Crippen molar-refractivity contribution in [3.63, 3.8) is 0 Å². The number of carbonyl (C=O) groups excluding carboxylic acids is 2. The molecule has 3 rings (SSSR count). The monoisotopic (exact) mass is 440 g/mol. The Hall–Kier alpha value is -3.39. The van der Waals surface area contributed by atoms with Gasteiger partial charge >= 0.3 is 0 Å². The summed E-state index contributed by atoms with van der Waals surface area (Å²) in [6.07, 6.45) is 2.39. The second-order valence-electron chi connectivity index (χ2n) is 6.90. The molecule has 0 bridgehead atoms. The summed E-state index contributed by atoms with van der Waals surface area (Å²) >= 11 is 5.23. The minimum atomic E-state index is -0.557. The molecule has 2 amide bonds. The first-order valence-electron chi connectivity index (χ1n) is 9.78. The number of hydrogen-bond acceptors (Lipinski definition) is 6. The number of benzene rings is 2. The predicted molar refractivity (Wildman–Crippen MR) is 123 cm³/mol. The third kappa shape index (κ3) is 4.86. The maximum atomic E-state index is 13.1. The molecule has 0 saturated carbocycles. The molecule has 1 N–H and O–H groups in total. The number of anilines is 1. The topological polar surface area (TPSA) is 77.1 Å². The zero-order valence-electron chi connectivity index (χ0n) is 17.8. The van der Waals surface area contributed by atoms with E-state index in [4.69, 9.17) is 26.4 Å². The third-order valence-electron chi connectivity index (χ3n) is 4.83. The molecule has 8 heteroatoms. The van der Waals surface area contributed by atoms with Crippen LogP contribution in [-0.2, 0) is 9.59 Å². The van der Waals surface area contributed by atoms with Crippen molar-refractivity contribution in [1.29, 1.82) is 0 Å². The van der Waals surface area contributed by atoms with Crippen LogP contribution in [-0.4, -0.2) is 37.3 Å². The van der Waals surface area contributed by atoms with Crippen LogP contribution in [0.1, 0.15) is 25.8 Å². The van der Waals surface area contributed by atoms with Crippen LogP contribution >= 0.6 is 12.2 Å². The Balaban J connectivity index is 1.93. The van der Waals surface area contributed by atoms with Crippen molar-refractivity contribution < 1.29 is 23.8 Å². The summed E-state index contributed by atoms with van der Waals surface area (Å²) in [5.41, 5.74) is 1.10. The Morgan fingerprint density at radius 2 is 1.77 bits per heavy atom. The molecule has 7 nitrogen and oxygen atoms in total. The molecule has 1 aliphatic heterocycles. The molecule has 1 atom stereocenters. The molecule has 0 aromatic heterocycles. The summed E-state index contributed by atoms with van der Waals surface area (Å²) in [4.78, 5) is 26.9. The van der Waals surface area contributed by atoms with Crippen molar-refractivity contribution in [2.75, 3.05) is 19.1 Å². The minimum Gasteiger partial charge on any atom is -0.497 e. The van der Waals surface area contributed by atoms with Gasteiger partial charge in [0, 0.05) is 0 Å². The van der Waals surface area contributed by atoms with Crippen LogP contribution in [0.2, 0.25) is 0 Å². The number of thiocarbonyl (C=S) groups is 1. The van der Waals surface area contributed by atoms with Crippen LogP contribution < -0.4 is 24.4 Å². The van der Waals surface area contributed by atoms with Crippen molar-refractivity contribution in [2.45, 2.75) is 26.4 Å². The molecule has 31 heavy (non-hydrogen) atoms. The molecular weight excluding hydrogens is 416 g/mol. The summed E-state index contributed by atoms with van der Waals surface area (Å²) < 4.78 is 16.4. The fourth-order valence-corrected chi connectivity index (χ4v) is 3.24. The lowest BCUT2D eigenvalue weighted by Gasteiger charge is -2.29. The normalized spacial score (nSPS) is 16.2. The second kappa shape index (κ2) is 9.61. The zero-order chi connectivity index (χ0) is 22.5. The molecule has 0 aliphatic carbocycles. The lowest BCUT2D eigenvalue weighted by atomic mass is 10.1. The SMILES string of the molecule is CCC(C)Oc1ccc(/C=C2/C(=O)NC(=S)N(c3ccc(OC)cc3)C2=O)cc1OC. The van der Waals surface area contributed by atoms with Gasteiger partial charge in [-0.25, -0.2) is 0 Å². The maximum absolute atomic E-state index is 13.1. The van der Waals surface area contributed by atoms with Gasteiger partial charge < -0.3 is 14.2 Å². The molecule has 1 saturated heterocycles. The number of methoxy groups -OCH3 is 2. The first-order valence-corrected chi connectivity index (χ1v) is 10.2. The van der Waals surface area contributed by atoms with Gasteiger partial charge in [-0.05, 0) is 73.6 Å². The molecule has 2 aromatic rings. The Bertz CT molecular complexity index is 1030. The van der Waals surface area contributed by atoms with E-state index < -0.39 is 11.8 Å². The number of carbonyl (C=O) groups is 2. The summed E-state index contributed by atoms with van der Waals surface area (Å²) in [6, 6.07) is 12.1. The summed E-state index contributed by atoms with van der Waals surface area (Å²) in [5, 5.41) is 2.59. The number of amides is 2. The van der Waals surface area contributed by atoms with E-state index in [1.54, 1.807) is 49.6 Å². The molecule has 0 spiro atoms. The molecule has 1 heterocycles. The van der Waals surface area contributed by atoms with Gasteiger partial charge in [-0.15, -0.1) is 0 Å². The van der Waals surface area contributed by atoms with Gasteiger partial charge in [-0.2, -0.15) is 0 Å². The smallest absolute Gasteiger partial charge is 0.270 e. The summed E-state index contributed by atoms with van der Waals surface area (Å²) in [6.45, 7) is 4.00. The van der Waals surface area contributed by atoms with Gasteiger partial charge in [-0.3, -0.25) is 19.8 Å². The van der Waals surface area contributed by atoms with E-state index in [-0.39, 0.29) is 16.8 Å². The molecule has 1 unspecified atom stereocenters. The standard InChI is InChI=1S/C23H24N2O5S/c1-5-14(2)30-19-11-6-15(13-20(19)29-4)12-18-21(26)24-23(31)25(22(18)27)16-7-9-17(28-3)10-8-16/h6-14H,5H2,1-4H3,(H,24,26,31)/b18-12-. The molecule has 0 radical (unpaired) electrons. The molecule has 162 valence electrons. The lowest BCUT2D eigenvalue weighted by Crippen LogP contribution is -2.54. The molecule has 2 aromatic carbocycles. The highest BCUT2D eigenvalue weighted by Gasteiger charge is 2.34. The van der Waals surface area contributed by atoms with Crippen molar-refractivity contribution in [1.82, 2.24) is 5.32 Å². The van der Waals surface area contributed by atoms with E-state index in [1.165, 1.54) is 18.1 Å². The zero-order valence-corrected chi connectivity index (χ0v) is 18.6. The third-order valence-corrected chi connectivity index (χ3v) is 5.12. The maximum Gasteiger partial charge on any atom is 0.270 e. The highest BCUT2D eigenvalue weighted by Crippen LogP contribution is 2.31. The van der Waals surface area contributed by atoms with E-state index in [9.17, 15) is 9.59 Å². The average Bonchev–Trinajstić information content (AvgIpc) is 2.77. The van der Waals surface area contributed by atoms with Crippen LogP contribution in [0, 0.1) is 0 Å². The van der Waals surface area contributed by atoms with Gasteiger partial charge in [-0.1, -0.05) is 13.0 Å². The van der Waals surface area contributed by atoms with E-state index >= 15 is 0 Å². The van der Waals surface area contributed by atoms with Crippen LogP contribution in [0.5, 0.6) is 17.2 Å². The van der Waals surface area contributed by atoms with Crippen molar-refractivity contribution >= 4 is 40.9 Å². The second-order valence-corrected chi connectivity index (χ2v) is 7.29. The highest BCUT2D eigenvalue weighted by atomic mass is 32.1. The van der Waals surface area contributed by atoms with Gasteiger partial charge in [0.25, 0.3) is 11.8 Å². The first kappa shape index (κ1) is 22.3. The van der Waals surface area contributed by atoms with E-state index in [0.717, 1.165) is 6.42 Å². The van der Waals surface area contributed by atoms with E-state index in [2.05, 4.69) is 5.32 Å². The van der Waals surface area contributed by atoms with Crippen LogP contribution in [0.3, 0.4) is 0 Å². The van der Waals surface area contributed by atoms with Crippen molar-refractivity contribution in [3.8, 4) is 17.2 Å². The van der Waals surface area contributed by atoms with Crippen molar-refractivity contribution in [3.05, 3.63) is 53.6 Å². The summed E-state index contributed by atoms with van der Waals surface area (Å²) in [5.74, 6) is 0.683. The summed E-state index contributed by atoms with van der Waals surface area (Å²) in [7, 11) is 3.10.